The van der Waals surface area contributed by atoms with Crippen LogP contribution in [0.15, 0.2) is 43.1 Å². The Kier molecular flexibility index (Phi) is 7.42. The van der Waals surface area contributed by atoms with Gasteiger partial charge in [0.25, 0.3) is 0 Å². The standard InChI is InChI=1S/C25H32N6O3/c1-4-21(29-11-13-30(14-12-29)22(32)5-2)19-9-7-18(8-10-19)15-26-24-27-16-20-17-34-25(33)31(6-3)23(20)28-24/h5,7-10,16,21H,2,4,6,11-15,17H2,1,3H3,(H,26,27,28). The number of ether oxygens (including phenoxy) is 1. The summed E-state index contributed by atoms with van der Waals surface area (Å²) in [6.07, 6.45) is 3.72. The number of fused-ring (bicyclic) bond motifs is 1. The zero-order valence-corrected chi connectivity index (χ0v) is 19.9. The molecule has 1 unspecified atom stereocenters. The number of cyclic esters (lactones) is 1. The Morgan fingerprint density at radius 3 is 2.59 bits per heavy atom. The number of piperazine rings is 1. The number of hydrogen-bond donors (Lipinski definition) is 1. The number of hydrogen-bond acceptors (Lipinski definition) is 7. The van der Waals surface area contributed by atoms with Crippen molar-refractivity contribution in [3.05, 3.63) is 59.8 Å². The molecule has 9 nitrogen and oxygen atoms in total. The SMILES string of the molecule is C=CC(=O)N1CCN(C(CC)c2ccc(CNc3ncc4c(n3)N(CC)C(=O)OC4)cc2)CC1. The van der Waals surface area contributed by atoms with Gasteiger partial charge in [-0.2, -0.15) is 4.98 Å². The highest BCUT2D eigenvalue weighted by Gasteiger charge is 2.27. The highest BCUT2D eigenvalue weighted by atomic mass is 16.6. The van der Waals surface area contributed by atoms with Gasteiger partial charge >= 0.3 is 6.09 Å². The van der Waals surface area contributed by atoms with Crippen LogP contribution in [-0.2, 0) is 22.7 Å². The molecule has 2 amide bonds. The molecule has 1 N–H and O–H groups in total. The van der Waals surface area contributed by atoms with Crippen molar-refractivity contribution >= 4 is 23.8 Å². The number of rotatable bonds is 8. The van der Waals surface area contributed by atoms with Crippen molar-refractivity contribution in [2.45, 2.75) is 39.5 Å². The highest BCUT2D eigenvalue weighted by Crippen LogP contribution is 2.27. The van der Waals surface area contributed by atoms with E-state index in [0.717, 1.165) is 43.7 Å². The molecule has 1 saturated heterocycles. The van der Waals surface area contributed by atoms with Crippen LogP contribution >= 0.6 is 0 Å². The predicted octanol–water partition coefficient (Wildman–Crippen LogP) is 3.35. The van der Waals surface area contributed by atoms with E-state index in [0.29, 0.717) is 30.9 Å². The van der Waals surface area contributed by atoms with Crippen LogP contribution in [0.5, 0.6) is 0 Å². The number of anilines is 2. The third-order valence-electron chi connectivity index (χ3n) is 6.43. The summed E-state index contributed by atoms with van der Waals surface area (Å²) >= 11 is 0. The summed E-state index contributed by atoms with van der Waals surface area (Å²) in [7, 11) is 0. The fourth-order valence-electron chi connectivity index (χ4n) is 4.53. The number of nitrogens with one attached hydrogen (secondary N) is 1. The lowest BCUT2D eigenvalue weighted by molar-refractivity contribution is -0.128. The maximum atomic E-state index is 12.0. The average Bonchev–Trinajstić information content (AvgIpc) is 2.88. The van der Waals surface area contributed by atoms with E-state index in [1.165, 1.54) is 16.5 Å². The van der Waals surface area contributed by atoms with Gasteiger partial charge in [-0.25, -0.2) is 9.78 Å². The molecule has 0 aliphatic carbocycles. The van der Waals surface area contributed by atoms with Crippen molar-refractivity contribution in [2.75, 3.05) is 42.9 Å². The van der Waals surface area contributed by atoms with Crippen molar-refractivity contribution in [2.24, 2.45) is 0 Å². The molecule has 1 aromatic heterocycles. The first-order chi connectivity index (χ1) is 16.5. The molecule has 2 aliphatic rings. The van der Waals surface area contributed by atoms with Crippen LogP contribution < -0.4 is 10.2 Å². The van der Waals surface area contributed by atoms with E-state index in [-0.39, 0.29) is 18.6 Å². The summed E-state index contributed by atoms with van der Waals surface area (Å²) in [5.74, 6) is 1.09. The van der Waals surface area contributed by atoms with Crippen molar-refractivity contribution in [3.63, 3.8) is 0 Å². The van der Waals surface area contributed by atoms with Gasteiger partial charge in [0.1, 0.15) is 12.4 Å². The molecule has 180 valence electrons. The van der Waals surface area contributed by atoms with Crippen molar-refractivity contribution in [1.82, 2.24) is 19.8 Å². The van der Waals surface area contributed by atoms with Crippen LogP contribution in [0.2, 0.25) is 0 Å². The molecular formula is C25H32N6O3. The summed E-state index contributed by atoms with van der Waals surface area (Å²) in [6.45, 7) is 12.1. The van der Waals surface area contributed by atoms with Gasteiger partial charge in [0, 0.05) is 51.5 Å². The number of nitrogens with zero attached hydrogens (tertiary/aromatic N) is 5. The first kappa shape index (κ1) is 23.7. The normalized spacial score (nSPS) is 17.1. The largest absolute Gasteiger partial charge is 0.444 e. The molecule has 1 fully saturated rings. The smallest absolute Gasteiger partial charge is 0.415 e. The van der Waals surface area contributed by atoms with E-state index in [1.54, 1.807) is 6.20 Å². The Morgan fingerprint density at radius 2 is 1.94 bits per heavy atom. The molecule has 0 radical (unpaired) electrons. The zero-order valence-electron chi connectivity index (χ0n) is 19.9. The minimum absolute atomic E-state index is 0.00907. The molecule has 2 aromatic rings. The van der Waals surface area contributed by atoms with Crippen LogP contribution in [0, 0.1) is 0 Å². The van der Waals surface area contributed by atoms with Crippen LogP contribution in [0.4, 0.5) is 16.6 Å². The van der Waals surface area contributed by atoms with Crippen molar-refractivity contribution in [1.29, 1.82) is 0 Å². The molecule has 0 bridgehead atoms. The van der Waals surface area contributed by atoms with Crippen LogP contribution in [0.3, 0.4) is 0 Å². The van der Waals surface area contributed by atoms with E-state index in [2.05, 4.69) is 58.0 Å². The van der Waals surface area contributed by atoms with Gasteiger partial charge in [-0.3, -0.25) is 14.6 Å². The lowest BCUT2D eigenvalue weighted by Crippen LogP contribution is -2.49. The molecule has 1 aromatic carbocycles. The lowest BCUT2D eigenvalue weighted by Gasteiger charge is -2.39. The van der Waals surface area contributed by atoms with E-state index in [4.69, 9.17) is 4.74 Å². The Hall–Kier alpha value is -3.46. The summed E-state index contributed by atoms with van der Waals surface area (Å²) in [5, 5.41) is 3.26. The zero-order chi connectivity index (χ0) is 24.1. The third-order valence-corrected chi connectivity index (χ3v) is 6.43. The first-order valence-corrected chi connectivity index (χ1v) is 11.8. The molecule has 2 aliphatic heterocycles. The summed E-state index contributed by atoms with van der Waals surface area (Å²) in [6, 6.07) is 8.92. The topological polar surface area (TPSA) is 90.9 Å². The number of carbonyl (C=O) groups is 2. The monoisotopic (exact) mass is 464 g/mol. The summed E-state index contributed by atoms with van der Waals surface area (Å²) in [4.78, 5) is 38.5. The molecule has 0 saturated carbocycles. The van der Waals surface area contributed by atoms with Gasteiger partial charge in [-0.1, -0.05) is 37.8 Å². The second kappa shape index (κ2) is 10.6. The van der Waals surface area contributed by atoms with E-state index in [1.807, 2.05) is 11.8 Å². The van der Waals surface area contributed by atoms with Crippen LogP contribution in [-0.4, -0.2) is 64.5 Å². The van der Waals surface area contributed by atoms with Crippen LogP contribution in [0.25, 0.3) is 0 Å². The van der Waals surface area contributed by atoms with Crippen LogP contribution in [0.1, 0.15) is 43.0 Å². The molecule has 1 atom stereocenters. The molecule has 34 heavy (non-hydrogen) atoms. The van der Waals surface area contributed by atoms with E-state index >= 15 is 0 Å². The fourth-order valence-corrected chi connectivity index (χ4v) is 4.53. The third kappa shape index (κ3) is 5.04. The van der Waals surface area contributed by atoms with Gasteiger partial charge in [0.2, 0.25) is 11.9 Å². The number of benzene rings is 1. The average molecular weight is 465 g/mol. The predicted molar refractivity (Wildman–Crippen MR) is 130 cm³/mol. The lowest BCUT2D eigenvalue weighted by atomic mass is 10.0. The maximum Gasteiger partial charge on any atom is 0.415 e. The Morgan fingerprint density at radius 1 is 1.21 bits per heavy atom. The summed E-state index contributed by atoms with van der Waals surface area (Å²) in [5.41, 5.74) is 3.20. The Labute approximate surface area is 200 Å². The van der Waals surface area contributed by atoms with Gasteiger partial charge in [-0.15, -0.1) is 0 Å². The van der Waals surface area contributed by atoms with E-state index < -0.39 is 0 Å². The Balaban J connectivity index is 1.37. The highest BCUT2D eigenvalue weighted by molar-refractivity contribution is 5.89. The minimum Gasteiger partial charge on any atom is -0.444 e. The molecular weight excluding hydrogens is 432 g/mol. The van der Waals surface area contributed by atoms with Crippen molar-refractivity contribution < 1.29 is 14.3 Å². The first-order valence-electron chi connectivity index (χ1n) is 11.8. The number of aromatic nitrogens is 2. The molecule has 3 heterocycles. The summed E-state index contributed by atoms with van der Waals surface area (Å²) < 4.78 is 5.14. The quantitative estimate of drug-likeness (QED) is 0.599. The Bertz CT molecular complexity index is 1030. The number of carbonyl (C=O) groups excluding carboxylic acids is 2. The number of amides is 2. The molecule has 9 heteroatoms. The van der Waals surface area contributed by atoms with Gasteiger partial charge in [0.05, 0.1) is 5.56 Å². The van der Waals surface area contributed by atoms with Gasteiger partial charge in [-0.05, 0) is 30.5 Å². The minimum atomic E-state index is -0.380. The van der Waals surface area contributed by atoms with Gasteiger partial charge in [0.15, 0.2) is 0 Å². The second-order valence-corrected chi connectivity index (χ2v) is 8.43. The maximum absolute atomic E-state index is 12.0. The molecule has 0 spiro atoms. The van der Waals surface area contributed by atoms with E-state index in [9.17, 15) is 9.59 Å². The second-order valence-electron chi connectivity index (χ2n) is 8.43. The van der Waals surface area contributed by atoms with Gasteiger partial charge < -0.3 is 15.0 Å². The molecule has 4 rings (SSSR count). The van der Waals surface area contributed by atoms with Crippen molar-refractivity contribution in [3.8, 4) is 0 Å². The fraction of sp³-hybridized carbons (Fsp3) is 0.440.